The summed E-state index contributed by atoms with van der Waals surface area (Å²) in [6.07, 6.45) is 0.688. The lowest BCUT2D eigenvalue weighted by atomic mass is 10.1. The van der Waals surface area contributed by atoms with E-state index in [2.05, 4.69) is 20.9 Å². The van der Waals surface area contributed by atoms with Crippen molar-refractivity contribution in [3.05, 3.63) is 16.1 Å². The molecule has 1 aliphatic heterocycles. The van der Waals surface area contributed by atoms with Crippen LogP contribution in [-0.4, -0.2) is 29.9 Å². The number of carbonyl (C=O) groups excluding carboxylic acids is 2. The van der Waals surface area contributed by atoms with Crippen molar-refractivity contribution in [2.24, 2.45) is 0 Å². The van der Waals surface area contributed by atoms with Crippen LogP contribution in [0.3, 0.4) is 0 Å². The molecule has 6 nitrogen and oxygen atoms in total. The molecule has 2 amide bonds. The molecule has 0 bridgehead atoms. The molecule has 1 aromatic heterocycles. The Morgan fingerprint density at radius 2 is 2.00 bits per heavy atom. The molecular weight excluding hydrogens is 291 g/mol. The summed E-state index contributed by atoms with van der Waals surface area (Å²) in [7, 11) is 1.68. The summed E-state index contributed by atoms with van der Waals surface area (Å²) in [6, 6.07) is 1.00. The fourth-order valence-electron chi connectivity index (χ4n) is 1.74. The van der Waals surface area contributed by atoms with E-state index in [1.54, 1.807) is 7.05 Å². The monoisotopic (exact) mass is 302 g/mol. The number of piperidine rings is 1. The van der Waals surface area contributed by atoms with E-state index in [0.717, 1.165) is 0 Å². The van der Waals surface area contributed by atoms with Crippen molar-refractivity contribution in [1.29, 1.82) is 0 Å². The Bertz CT molecular complexity index is 536. The van der Waals surface area contributed by atoms with Gasteiger partial charge in [-0.3, -0.25) is 14.9 Å². The topological polar surface area (TPSA) is 83.1 Å². The van der Waals surface area contributed by atoms with E-state index in [0.29, 0.717) is 28.1 Å². The zero-order valence-electron chi connectivity index (χ0n) is 10.1. The van der Waals surface area contributed by atoms with Crippen LogP contribution in [0.5, 0.6) is 0 Å². The number of hydrogen-bond donors (Lipinski definition) is 3. The number of pyridine rings is 1. The summed E-state index contributed by atoms with van der Waals surface area (Å²) >= 11 is 11.9. The molecule has 0 aromatic carbocycles. The summed E-state index contributed by atoms with van der Waals surface area (Å²) in [4.78, 5) is 26.9. The predicted molar refractivity (Wildman–Crippen MR) is 73.6 cm³/mol. The van der Waals surface area contributed by atoms with Gasteiger partial charge < -0.3 is 10.6 Å². The van der Waals surface area contributed by atoms with Crippen LogP contribution in [-0.2, 0) is 9.59 Å². The average Bonchev–Trinajstić information content (AvgIpc) is 2.35. The number of halogens is 2. The van der Waals surface area contributed by atoms with Crippen LogP contribution in [0.1, 0.15) is 12.8 Å². The molecule has 0 aliphatic carbocycles. The molecule has 2 heterocycles. The Kier molecular flexibility index (Phi) is 4.11. The van der Waals surface area contributed by atoms with E-state index < -0.39 is 6.04 Å². The van der Waals surface area contributed by atoms with Crippen molar-refractivity contribution < 1.29 is 9.59 Å². The van der Waals surface area contributed by atoms with E-state index in [1.807, 2.05) is 0 Å². The molecule has 1 aliphatic rings. The summed E-state index contributed by atoms with van der Waals surface area (Å²) in [5, 5.41) is 8.70. The highest BCUT2D eigenvalue weighted by Gasteiger charge is 2.27. The molecule has 19 heavy (non-hydrogen) atoms. The van der Waals surface area contributed by atoms with Gasteiger partial charge in [-0.25, -0.2) is 4.98 Å². The number of aromatic nitrogens is 1. The normalized spacial score (nSPS) is 19.0. The van der Waals surface area contributed by atoms with Crippen molar-refractivity contribution >= 4 is 46.7 Å². The van der Waals surface area contributed by atoms with E-state index >= 15 is 0 Å². The van der Waals surface area contributed by atoms with Gasteiger partial charge in [0.15, 0.2) is 0 Å². The average molecular weight is 303 g/mol. The lowest BCUT2D eigenvalue weighted by molar-refractivity contribution is -0.133. The quantitative estimate of drug-likeness (QED) is 0.740. The van der Waals surface area contributed by atoms with E-state index in [4.69, 9.17) is 23.2 Å². The molecule has 1 aromatic rings. The lowest BCUT2D eigenvalue weighted by Crippen LogP contribution is -2.47. The highest BCUT2D eigenvalue weighted by molar-refractivity contribution is 6.37. The van der Waals surface area contributed by atoms with Crippen LogP contribution >= 0.6 is 23.2 Å². The van der Waals surface area contributed by atoms with Gasteiger partial charge in [0.2, 0.25) is 11.8 Å². The number of rotatable bonds is 3. The molecule has 1 unspecified atom stereocenters. The van der Waals surface area contributed by atoms with Gasteiger partial charge in [-0.05, 0) is 12.5 Å². The van der Waals surface area contributed by atoms with Crippen LogP contribution in [0.4, 0.5) is 11.6 Å². The smallest absolute Gasteiger partial charge is 0.249 e. The predicted octanol–water partition coefficient (Wildman–Crippen LogP) is 1.65. The second-order valence-corrected chi connectivity index (χ2v) is 4.86. The zero-order valence-corrected chi connectivity index (χ0v) is 11.6. The zero-order chi connectivity index (χ0) is 14.0. The number of hydrogen-bond acceptors (Lipinski definition) is 5. The van der Waals surface area contributed by atoms with Crippen molar-refractivity contribution in [2.75, 3.05) is 17.7 Å². The number of amides is 2. The largest absolute Gasteiger partial charge is 0.372 e. The fourth-order valence-corrected chi connectivity index (χ4v) is 2.25. The van der Waals surface area contributed by atoms with E-state index in [9.17, 15) is 9.59 Å². The van der Waals surface area contributed by atoms with Gasteiger partial charge in [-0.2, -0.15) is 0 Å². The summed E-state index contributed by atoms with van der Waals surface area (Å²) in [5.74, 6) is 0.162. The summed E-state index contributed by atoms with van der Waals surface area (Å²) < 4.78 is 0. The molecule has 8 heteroatoms. The van der Waals surface area contributed by atoms with Gasteiger partial charge in [0.1, 0.15) is 17.7 Å². The SMILES string of the molecule is CNc1nc(NC2CCC(=O)NC2=O)c(Cl)cc1Cl. The first kappa shape index (κ1) is 13.9. The molecule has 1 fully saturated rings. The fraction of sp³-hybridized carbons (Fsp3) is 0.364. The Morgan fingerprint density at radius 3 is 2.63 bits per heavy atom. The van der Waals surface area contributed by atoms with Crippen LogP contribution < -0.4 is 16.0 Å². The van der Waals surface area contributed by atoms with Crippen LogP contribution in [0, 0.1) is 0 Å². The number of carbonyl (C=O) groups is 2. The molecule has 3 N–H and O–H groups in total. The van der Waals surface area contributed by atoms with Crippen LogP contribution in [0.2, 0.25) is 10.0 Å². The number of nitrogens with zero attached hydrogens (tertiary/aromatic N) is 1. The number of anilines is 2. The molecule has 102 valence electrons. The maximum absolute atomic E-state index is 11.6. The molecule has 1 saturated heterocycles. The van der Waals surface area contributed by atoms with Crippen molar-refractivity contribution in [3.63, 3.8) is 0 Å². The first-order valence-corrected chi connectivity index (χ1v) is 6.41. The molecule has 1 atom stereocenters. The van der Waals surface area contributed by atoms with Crippen LogP contribution in [0.25, 0.3) is 0 Å². The summed E-state index contributed by atoms with van der Waals surface area (Å²) in [6.45, 7) is 0. The first-order valence-electron chi connectivity index (χ1n) is 5.65. The third kappa shape index (κ3) is 3.08. The second kappa shape index (κ2) is 5.63. The minimum Gasteiger partial charge on any atom is -0.372 e. The third-order valence-electron chi connectivity index (χ3n) is 2.72. The van der Waals surface area contributed by atoms with Crippen molar-refractivity contribution in [2.45, 2.75) is 18.9 Å². The molecule has 0 radical (unpaired) electrons. The maximum atomic E-state index is 11.6. The van der Waals surface area contributed by atoms with Gasteiger partial charge in [0.25, 0.3) is 0 Å². The first-order chi connectivity index (χ1) is 9.01. The Balaban J connectivity index is 2.19. The van der Waals surface area contributed by atoms with Crippen LogP contribution in [0.15, 0.2) is 6.07 Å². The molecular formula is C11H12Cl2N4O2. The maximum Gasteiger partial charge on any atom is 0.249 e. The molecule has 2 rings (SSSR count). The Morgan fingerprint density at radius 1 is 1.32 bits per heavy atom. The van der Waals surface area contributed by atoms with Gasteiger partial charge in [0.05, 0.1) is 10.0 Å². The van der Waals surface area contributed by atoms with Gasteiger partial charge in [-0.1, -0.05) is 23.2 Å². The highest BCUT2D eigenvalue weighted by Crippen LogP contribution is 2.29. The Hall–Kier alpha value is -1.53. The highest BCUT2D eigenvalue weighted by atomic mass is 35.5. The van der Waals surface area contributed by atoms with Gasteiger partial charge in [-0.15, -0.1) is 0 Å². The van der Waals surface area contributed by atoms with Crippen molar-refractivity contribution in [1.82, 2.24) is 10.3 Å². The van der Waals surface area contributed by atoms with Gasteiger partial charge in [0, 0.05) is 13.5 Å². The Labute approximate surface area is 119 Å². The standard InChI is InChI=1S/C11H12Cl2N4O2/c1-14-9-5(12)4-6(13)10(17-9)15-7-2-3-8(18)16-11(7)19/h4,7H,2-3H2,1H3,(H2,14,15,17)(H,16,18,19). The van der Waals surface area contributed by atoms with E-state index in [1.165, 1.54) is 6.07 Å². The second-order valence-electron chi connectivity index (χ2n) is 4.05. The molecule has 0 saturated carbocycles. The lowest BCUT2D eigenvalue weighted by Gasteiger charge is -2.23. The number of nitrogens with one attached hydrogen (secondary N) is 3. The van der Waals surface area contributed by atoms with Crippen molar-refractivity contribution in [3.8, 4) is 0 Å². The number of imide groups is 1. The summed E-state index contributed by atoms with van der Waals surface area (Å²) in [5.41, 5.74) is 0. The molecule has 0 spiro atoms. The minimum absolute atomic E-state index is 0.269. The minimum atomic E-state index is -0.534. The third-order valence-corrected chi connectivity index (χ3v) is 3.29. The van der Waals surface area contributed by atoms with E-state index in [-0.39, 0.29) is 18.2 Å². The van der Waals surface area contributed by atoms with Gasteiger partial charge >= 0.3 is 0 Å².